The maximum Gasteiger partial charge on any atom is 0.450 e. The average Bonchev–Trinajstić information content (AvgIpc) is 3.64. The Balaban J connectivity index is 1.36. The fourth-order valence-corrected chi connectivity index (χ4v) is 4.48. The van der Waals surface area contributed by atoms with E-state index in [1.54, 1.807) is 54.3 Å². The highest BCUT2D eigenvalue weighted by Crippen LogP contribution is 2.39. The molecule has 7 nitrogen and oxygen atoms in total. The van der Waals surface area contributed by atoms with Crippen LogP contribution in [0.4, 0.5) is 13.2 Å². The number of hydrogen-bond donors (Lipinski definition) is 0. The van der Waals surface area contributed by atoms with Gasteiger partial charge in [-0.05, 0) is 43.3 Å². The predicted molar refractivity (Wildman–Crippen MR) is 143 cm³/mol. The highest BCUT2D eigenvalue weighted by molar-refractivity contribution is 5.86. The molecule has 0 spiro atoms. The van der Waals surface area contributed by atoms with Crippen molar-refractivity contribution in [2.24, 2.45) is 0 Å². The van der Waals surface area contributed by atoms with Crippen LogP contribution in [-0.4, -0.2) is 19.6 Å². The molecule has 0 saturated heterocycles. The van der Waals surface area contributed by atoms with E-state index in [1.807, 2.05) is 36.4 Å². The highest BCUT2D eigenvalue weighted by atomic mass is 19.4. The van der Waals surface area contributed by atoms with Crippen molar-refractivity contribution in [1.82, 2.24) is 19.6 Å². The third-order valence-corrected chi connectivity index (χ3v) is 6.46. The summed E-state index contributed by atoms with van der Waals surface area (Å²) < 4.78 is 57.1. The molecule has 0 fully saturated rings. The lowest BCUT2D eigenvalue weighted by atomic mass is 10.0. The van der Waals surface area contributed by atoms with Crippen LogP contribution in [-0.2, 0) is 12.8 Å². The van der Waals surface area contributed by atoms with Gasteiger partial charge in [-0.3, -0.25) is 4.79 Å². The minimum Gasteiger partial charge on any atom is -0.488 e. The second kappa shape index (κ2) is 9.88. The van der Waals surface area contributed by atoms with Gasteiger partial charge >= 0.3 is 6.18 Å². The molecule has 10 heteroatoms. The van der Waals surface area contributed by atoms with Gasteiger partial charge in [-0.1, -0.05) is 36.4 Å². The summed E-state index contributed by atoms with van der Waals surface area (Å²) >= 11 is 0. The SMILES string of the molecule is Cc1c(OCc2cnn(-c3ccccc3)c2)ccc2c(=O)c(-c3cnn(-c4ccccc4)c3)c(C(F)(F)F)oc12. The van der Waals surface area contributed by atoms with E-state index in [0.29, 0.717) is 11.4 Å². The molecule has 6 rings (SSSR count). The maximum absolute atomic E-state index is 14.2. The lowest BCUT2D eigenvalue weighted by Gasteiger charge is -2.14. The van der Waals surface area contributed by atoms with Gasteiger partial charge in [0.1, 0.15) is 17.9 Å². The van der Waals surface area contributed by atoms with E-state index < -0.39 is 22.9 Å². The Kier molecular flexibility index (Phi) is 6.22. The first-order chi connectivity index (χ1) is 19.3. The normalized spacial score (nSPS) is 11.7. The molecule has 0 unspecified atom stereocenters. The van der Waals surface area contributed by atoms with Gasteiger partial charge in [-0.15, -0.1) is 0 Å². The Morgan fingerprint density at radius 3 is 2.12 bits per heavy atom. The monoisotopic (exact) mass is 542 g/mol. The van der Waals surface area contributed by atoms with E-state index in [4.69, 9.17) is 9.15 Å². The second-order valence-electron chi connectivity index (χ2n) is 9.12. The number of benzene rings is 3. The van der Waals surface area contributed by atoms with Crippen LogP contribution in [0.5, 0.6) is 5.75 Å². The summed E-state index contributed by atoms with van der Waals surface area (Å²) in [5.74, 6) is -1.09. The summed E-state index contributed by atoms with van der Waals surface area (Å²) in [5, 5.41) is 8.49. The summed E-state index contributed by atoms with van der Waals surface area (Å²) in [7, 11) is 0. The van der Waals surface area contributed by atoms with Crippen LogP contribution in [0.2, 0.25) is 0 Å². The Morgan fingerprint density at radius 1 is 0.850 bits per heavy atom. The van der Waals surface area contributed by atoms with Crippen LogP contribution in [0.3, 0.4) is 0 Å². The summed E-state index contributed by atoms with van der Waals surface area (Å²) in [5.41, 5.74) is 0.966. The number of para-hydroxylation sites is 2. The van der Waals surface area contributed by atoms with Gasteiger partial charge in [0, 0.05) is 29.1 Å². The standard InChI is InChI=1S/C30H21F3N4O3/c1-19-25(39-18-20-14-34-36(16-20)22-8-4-2-5-9-22)13-12-24-27(38)26(29(30(31,32)33)40-28(19)24)21-15-35-37(17-21)23-10-6-3-7-11-23/h2-17H,18H2,1H3. The lowest BCUT2D eigenvalue weighted by Crippen LogP contribution is -2.16. The minimum absolute atomic E-state index is 0.000218. The highest BCUT2D eigenvalue weighted by Gasteiger charge is 2.40. The number of hydrogen-bond acceptors (Lipinski definition) is 5. The summed E-state index contributed by atoms with van der Waals surface area (Å²) in [6.45, 7) is 1.67. The van der Waals surface area contributed by atoms with Crippen LogP contribution < -0.4 is 10.2 Å². The van der Waals surface area contributed by atoms with Crippen molar-refractivity contribution in [3.05, 3.63) is 125 Å². The number of rotatable bonds is 6. The molecule has 0 N–H and O–H groups in total. The zero-order valence-electron chi connectivity index (χ0n) is 21.1. The topological polar surface area (TPSA) is 75.1 Å². The van der Waals surface area contributed by atoms with Crippen molar-refractivity contribution < 1.29 is 22.3 Å². The zero-order valence-corrected chi connectivity index (χ0v) is 21.1. The molecule has 0 bridgehead atoms. The Labute approximate surface area is 225 Å². The minimum atomic E-state index is -4.92. The molecule has 0 radical (unpaired) electrons. The Bertz CT molecular complexity index is 1870. The quantitative estimate of drug-likeness (QED) is 0.233. The molecule has 3 aromatic carbocycles. The first-order valence-corrected chi connectivity index (χ1v) is 12.3. The number of fused-ring (bicyclic) bond motifs is 1. The first-order valence-electron chi connectivity index (χ1n) is 12.3. The lowest BCUT2D eigenvalue weighted by molar-refractivity contribution is -0.152. The smallest absolute Gasteiger partial charge is 0.450 e. The van der Waals surface area contributed by atoms with E-state index in [1.165, 1.54) is 23.1 Å². The van der Waals surface area contributed by atoms with E-state index in [-0.39, 0.29) is 28.7 Å². The van der Waals surface area contributed by atoms with Gasteiger partial charge in [-0.2, -0.15) is 23.4 Å². The fraction of sp³-hybridized carbons (Fsp3) is 0.100. The van der Waals surface area contributed by atoms with Crippen molar-refractivity contribution in [2.75, 3.05) is 0 Å². The Hall–Kier alpha value is -5.12. The Morgan fingerprint density at radius 2 is 1.48 bits per heavy atom. The molecule has 40 heavy (non-hydrogen) atoms. The number of alkyl halides is 3. The fourth-order valence-electron chi connectivity index (χ4n) is 4.48. The second-order valence-corrected chi connectivity index (χ2v) is 9.12. The van der Waals surface area contributed by atoms with Gasteiger partial charge in [0.05, 0.1) is 34.7 Å². The molecule has 3 aromatic heterocycles. The van der Waals surface area contributed by atoms with E-state index in [0.717, 1.165) is 11.3 Å². The first kappa shape index (κ1) is 25.2. The molecular formula is C30H21F3N4O3. The summed E-state index contributed by atoms with van der Waals surface area (Å²) in [4.78, 5) is 13.5. The number of halogens is 3. The van der Waals surface area contributed by atoms with E-state index in [9.17, 15) is 18.0 Å². The van der Waals surface area contributed by atoms with Gasteiger partial charge in [-0.25, -0.2) is 9.36 Å². The van der Waals surface area contributed by atoms with Crippen molar-refractivity contribution in [1.29, 1.82) is 0 Å². The van der Waals surface area contributed by atoms with Gasteiger partial charge in [0.25, 0.3) is 0 Å². The van der Waals surface area contributed by atoms with E-state index in [2.05, 4.69) is 10.2 Å². The van der Waals surface area contributed by atoms with Crippen molar-refractivity contribution in [3.8, 4) is 28.3 Å². The van der Waals surface area contributed by atoms with Gasteiger partial charge < -0.3 is 9.15 Å². The molecular weight excluding hydrogens is 521 g/mol. The number of aromatic nitrogens is 4. The third-order valence-electron chi connectivity index (χ3n) is 6.46. The number of aryl methyl sites for hydroxylation is 1. The molecule has 0 aliphatic rings. The zero-order chi connectivity index (χ0) is 27.9. The van der Waals surface area contributed by atoms with Gasteiger partial charge in [0.2, 0.25) is 11.2 Å². The van der Waals surface area contributed by atoms with Crippen LogP contribution in [0.25, 0.3) is 33.5 Å². The van der Waals surface area contributed by atoms with Gasteiger partial charge in [0.15, 0.2) is 0 Å². The summed E-state index contributed by atoms with van der Waals surface area (Å²) in [6.07, 6.45) is 1.12. The maximum atomic E-state index is 14.2. The predicted octanol–water partition coefficient (Wildman–Crippen LogP) is 6.74. The summed E-state index contributed by atoms with van der Waals surface area (Å²) in [6, 6.07) is 21.4. The van der Waals surface area contributed by atoms with Crippen molar-refractivity contribution >= 4 is 11.0 Å². The largest absolute Gasteiger partial charge is 0.488 e. The molecule has 3 heterocycles. The van der Waals surface area contributed by atoms with Crippen LogP contribution in [0, 0.1) is 6.92 Å². The molecule has 0 aliphatic carbocycles. The average molecular weight is 543 g/mol. The third kappa shape index (κ3) is 4.64. The van der Waals surface area contributed by atoms with Crippen LogP contribution in [0.1, 0.15) is 16.9 Å². The van der Waals surface area contributed by atoms with Crippen LogP contribution in [0.15, 0.2) is 107 Å². The molecule has 200 valence electrons. The van der Waals surface area contributed by atoms with E-state index >= 15 is 0 Å². The number of nitrogens with zero attached hydrogens (tertiary/aromatic N) is 4. The van der Waals surface area contributed by atoms with Crippen molar-refractivity contribution in [3.63, 3.8) is 0 Å². The number of ether oxygens (including phenoxy) is 1. The molecule has 0 saturated carbocycles. The van der Waals surface area contributed by atoms with Crippen molar-refractivity contribution in [2.45, 2.75) is 19.7 Å². The molecule has 0 aliphatic heterocycles. The van der Waals surface area contributed by atoms with Crippen LogP contribution >= 0.6 is 0 Å². The molecule has 0 atom stereocenters. The molecule has 0 amide bonds. The molecule has 6 aromatic rings.